The first-order valence-electron chi connectivity index (χ1n) is 8.45. The number of hydrogen-bond acceptors (Lipinski definition) is 6. The second-order valence-electron chi connectivity index (χ2n) is 5.87. The minimum Gasteiger partial charge on any atom is -0.494 e. The predicted molar refractivity (Wildman–Crippen MR) is 108 cm³/mol. The molecule has 0 aromatic heterocycles. The number of nitrogens with one attached hydrogen (secondary N) is 1. The zero-order valence-corrected chi connectivity index (χ0v) is 17.3. The maximum atomic E-state index is 12.9. The van der Waals surface area contributed by atoms with Gasteiger partial charge in [0, 0.05) is 18.8 Å². The van der Waals surface area contributed by atoms with E-state index < -0.39 is 15.9 Å². The van der Waals surface area contributed by atoms with Gasteiger partial charge in [0.05, 0.1) is 38.3 Å². The summed E-state index contributed by atoms with van der Waals surface area (Å²) in [6.07, 6.45) is 1.05. The minimum absolute atomic E-state index is 0.124. The lowest BCUT2D eigenvalue weighted by molar-refractivity contribution is 0.102. The normalized spacial score (nSPS) is 10.9. The molecule has 2 aromatic rings. The average molecular weight is 408 g/mol. The molecule has 0 spiro atoms. The fourth-order valence-corrected chi connectivity index (χ4v) is 3.00. The Morgan fingerprint density at radius 1 is 1.07 bits per heavy atom. The number of benzene rings is 2. The first kappa shape index (κ1) is 21.4. The molecule has 0 saturated carbocycles. The number of anilines is 2. The highest BCUT2D eigenvalue weighted by molar-refractivity contribution is 7.92. The molecule has 0 heterocycles. The van der Waals surface area contributed by atoms with Crippen molar-refractivity contribution in [3.05, 3.63) is 42.0 Å². The number of amides is 1. The van der Waals surface area contributed by atoms with Gasteiger partial charge in [0.15, 0.2) is 11.5 Å². The molecule has 28 heavy (non-hydrogen) atoms. The second kappa shape index (κ2) is 8.83. The van der Waals surface area contributed by atoms with Crippen LogP contribution in [0.15, 0.2) is 36.4 Å². The molecular weight excluding hydrogens is 384 g/mol. The number of carbonyl (C=O) groups is 1. The van der Waals surface area contributed by atoms with E-state index in [2.05, 4.69) is 5.32 Å². The summed E-state index contributed by atoms with van der Waals surface area (Å²) in [5, 5.41) is 2.75. The summed E-state index contributed by atoms with van der Waals surface area (Å²) in [5.74, 6) is 0.815. The first-order chi connectivity index (χ1) is 13.2. The summed E-state index contributed by atoms with van der Waals surface area (Å²) in [4.78, 5) is 12.9. The van der Waals surface area contributed by atoms with Gasteiger partial charge in [0.1, 0.15) is 5.75 Å². The Balaban J connectivity index is 2.44. The maximum absolute atomic E-state index is 12.9. The van der Waals surface area contributed by atoms with Crippen LogP contribution in [0.1, 0.15) is 17.3 Å². The number of carbonyl (C=O) groups excluding carboxylic acids is 1. The van der Waals surface area contributed by atoms with Crippen LogP contribution in [0, 0.1) is 0 Å². The van der Waals surface area contributed by atoms with Gasteiger partial charge in [-0.3, -0.25) is 9.10 Å². The van der Waals surface area contributed by atoms with E-state index in [1.54, 1.807) is 24.3 Å². The van der Waals surface area contributed by atoms with E-state index in [4.69, 9.17) is 14.2 Å². The van der Waals surface area contributed by atoms with Gasteiger partial charge in [-0.15, -0.1) is 0 Å². The van der Waals surface area contributed by atoms with E-state index in [0.29, 0.717) is 29.5 Å². The molecule has 1 amide bonds. The quantitative estimate of drug-likeness (QED) is 0.722. The van der Waals surface area contributed by atoms with Gasteiger partial charge in [0.25, 0.3) is 5.91 Å². The Morgan fingerprint density at radius 2 is 1.64 bits per heavy atom. The van der Waals surface area contributed by atoms with Gasteiger partial charge < -0.3 is 19.5 Å². The summed E-state index contributed by atoms with van der Waals surface area (Å²) in [6, 6.07) is 9.76. The van der Waals surface area contributed by atoms with Crippen molar-refractivity contribution in [2.75, 3.05) is 43.8 Å². The highest BCUT2D eigenvalue weighted by Gasteiger charge is 2.23. The molecule has 0 aliphatic heterocycles. The van der Waals surface area contributed by atoms with Crippen LogP contribution < -0.4 is 23.8 Å². The topological polar surface area (TPSA) is 94.2 Å². The molecule has 8 nitrogen and oxygen atoms in total. The van der Waals surface area contributed by atoms with Gasteiger partial charge in [-0.25, -0.2) is 8.42 Å². The monoisotopic (exact) mass is 408 g/mol. The highest BCUT2D eigenvalue weighted by atomic mass is 32.2. The Hall–Kier alpha value is -2.94. The molecule has 2 aromatic carbocycles. The van der Waals surface area contributed by atoms with Gasteiger partial charge in [-0.1, -0.05) is 0 Å². The Kier molecular flexibility index (Phi) is 6.74. The Labute approximate surface area is 165 Å². The summed E-state index contributed by atoms with van der Waals surface area (Å²) in [6.45, 7) is 2.42. The van der Waals surface area contributed by atoms with Gasteiger partial charge in [-0.2, -0.15) is 0 Å². The number of hydrogen-bond donors (Lipinski definition) is 1. The highest BCUT2D eigenvalue weighted by Crippen LogP contribution is 2.36. The van der Waals surface area contributed by atoms with E-state index in [0.717, 1.165) is 10.6 Å². The zero-order chi connectivity index (χ0) is 20.9. The molecule has 0 radical (unpaired) electrons. The fraction of sp³-hybridized carbons (Fsp3) is 0.316. The van der Waals surface area contributed by atoms with E-state index >= 15 is 0 Å². The number of rotatable bonds is 8. The van der Waals surface area contributed by atoms with Crippen molar-refractivity contribution in [2.24, 2.45) is 0 Å². The molecule has 2 rings (SSSR count). The van der Waals surface area contributed by atoms with Crippen molar-refractivity contribution < 1.29 is 27.4 Å². The van der Waals surface area contributed by atoms with Crippen LogP contribution in [-0.2, 0) is 10.0 Å². The second-order valence-corrected chi connectivity index (χ2v) is 7.88. The number of ether oxygens (including phenoxy) is 3. The molecule has 1 N–H and O–H groups in total. The summed E-state index contributed by atoms with van der Waals surface area (Å²) in [7, 11) is 0.633. The van der Waals surface area contributed by atoms with Crippen molar-refractivity contribution in [1.82, 2.24) is 0 Å². The molecule has 152 valence electrons. The SMILES string of the molecule is CCOc1ccc(NC(=O)c2cc(OC)c(OC)cc2N(C)S(C)(=O)=O)cc1. The van der Waals surface area contributed by atoms with Crippen LogP contribution in [0.25, 0.3) is 0 Å². The van der Waals surface area contributed by atoms with Crippen LogP contribution in [0.2, 0.25) is 0 Å². The summed E-state index contributed by atoms with van der Waals surface area (Å²) in [5.41, 5.74) is 0.833. The Morgan fingerprint density at radius 3 is 2.14 bits per heavy atom. The van der Waals surface area contributed by atoms with E-state index in [1.807, 2.05) is 6.92 Å². The summed E-state index contributed by atoms with van der Waals surface area (Å²) < 4.78 is 40.9. The summed E-state index contributed by atoms with van der Waals surface area (Å²) >= 11 is 0. The minimum atomic E-state index is -3.60. The molecule has 0 atom stereocenters. The molecule has 0 bridgehead atoms. The average Bonchev–Trinajstić information content (AvgIpc) is 2.67. The smallest absolute Gasteiger partial charge is 0.257 e. The number of sulfonamides is 1. The molecule has 0 unspecified atom stereocenters. The third-order valence-corrected chi connectivity index (χ3v) is 5.20. The lowest BCUT2D eigenvalue weighted by Gasteiger charge is -2.22. The standard InChI is InChI=1S/C19H24N2O6S/c1-6-27-14-9-7-13(8-10-14)20-19(22)15-11-17(25-3)18(26-4)12-16(15)21(2)28(5,23)24/h7-12H,6H2,1-5H3,(H,20,22). The fourth-order valence-electron chi connectivity index (χ4n) is 2.49. The van der Waals surface area contributed by atoms with Gasteiger partial charge in [-0.05, 0) is 37.3 Å². The van der Waals surface area contributed by atoms with Crippen LogP contribution in [0.4, 0.5) is 11.4 Å². The number of methoxy groups -OCH3 is 2. The van der Waals surface area contributed by atoms with Crippen LogP contribution in [-0.4, -0.2) is 48.5 Å². The van der Waals surface area contributed by atoms with Crippen molar-refractivity contribution in [3.63, 3.8) is 0 Å². The van der Waals surface area contributed by atoms with Crippen molar-refractivity contribution >= 4 is 27.3 Å². The van der Waals surface area contributed by atoms with Crippen LogP contribution in [0.3, 0.4) is 0 Å². The van der Waals surface area contributed by atoms with E-state index in [9.17, 15) is 13.2 Å². The van der Waals surface area contributed by atoms with Crippen molar-refractivity contribution in [1.29, 1.82) is 0 Å². The Bertz CT molecular complexity index is 942. The predicted octanol–water partition coefficient (Wildman–Crippen LogP) is 2.75. The van der Waals surface area contributed by atoms with Crippen LogP contribution >= 0.6 is 0 Å². The molecule has 0 fully saturated rings. The third kappa shape index (κ3) is 4.86. The zero-order valence-electron chi connectivity index (χ0n) is 16.5. The molecular formula is C19H24N2O6S. The first-order valence-corrected chi connectivity index (χ1v) is 10.3. The van der Waals surface area contributed by atoms with Crippen molar-refractivity contribution in [3.8, 4) is 17.2 Å². The molecule has 0 aliphatic rings. The lowest BCUT2D eigenvalue weighted by Crippen LogP contribution is -2.28. The van der Waals surface area contributed by atoms with Gasteiger partial charge in [0.2, 0.25) is 10.0 Å². The van der Waals surface area contributed by atoms with E-state index in [-0.39, 0.29) is 11.3 Å². The van der Waals surface area contributed by atoms with Gasteiger partial charge >= 0.3 is 0 Å². The van der Waals surface area contributed by atoms with E-state index in [1.165, 1.54) is 33.4 Å². The third-order valence-electron chi connectivity index (χ3n) is 4.01. The van der Waals surface area contributed by atoms with Crippen LogP contribution in [0.5, 0.6) is 17.2 Å². The lowest BCUT2D eigenvalue weighted by atomic mass is 10.1. The molecule has 0 aliphatic carbocycles. The van der Waals surface area contributed by atoms with Crippen molar-refractivity contribution in [2.45, 2.75) is 6.92 Å². The number of nitrogens with zero attached hydrogens (tertiary/aromatic N) is 1. The molecule has 0 saturated heterocycles. The maximum Gasteiger partial charge on any atom is 0.257 e. The largest absolute Gasteiger partial charge is 0.494 e. The molecule has 9 heteroatoms.